The van der Waals surface area contributed by atoms with Crippen molar-refractivity contribution >= 4 is 17.6 Å². The summed E-state index contributed by atoms with van der Waals surface area (Å²) in [7, 11) is 2.04. The smallest absolute Gasteiger partial charge is 0.303 e. The number of aliphatic hydroxyl groups excluding tert-OH is 1. The van der Waals surface area contributed by atoms with Gasteiger partial charge in [0.05, 0.1) is 6.10 Å². The van der Waals surface area contributed by atoms with Crippen LogP contribution in [-0.2, 0) is 30.5 Å². The highest BCUT2D eigenvalue weighted by molar-refractivity contribution is 6.31. The van der Waals surface area contributed by atoms with Gasteiger partial charge < -0.3 is 20.4 Å². The van der Waals surface area contributed by atoms with Crippen LogP contribution < -0.4 is 5.32 Å². The predicted octanol–water partition coefficient (Wildman–Crippen LogP) is 6.03. The molecule has 3 aromatic carbocycles. The van der Waals surface area contributed by atoms with Gasteiger partial charge in [-0.1, -0.05) is 72.3 Å². The van der Waals surface area contributed by atoms with Gasteiger partial charge in [-0.3, -0.25) is 4.79 Å². The van der Waals surface area contributed by atoms with Crippen molar-refractivity contribution in [2.45, 2.75) is 64.0 Å². The largest absolute Gasteiger partial charge is 0.481 e. The first-order valence-corrected chi connectivity index (χ1v) is 14.7. The van der Waals surface area contributed by atoms with Gasteiger partial charge in [-0.2, -0.15) is 0 Å². The molecule has 0 heterocycles. The number of fused-ring (bicyclic) bond motifs is 1. The zero-order valence-electron chi connectivity index (χ0n) is 24.0. The van der Waals surface area contributed by atoms with E-state index in [1.165, 1.54) is 11.1 Å². The van der Waals surface area contributed by atoms with Gasteiger partial charge in [0, 0.05) is 36.6 Å². The molecule has 0 bridgehead atoms. The number of hydrogen-bond donors (Lipinski definition) is 3. The second kappa shape index (κ2) is 13.8. The number of β-amino-alcohol motifs (C(OH)–C–C–N with tert-alkyl or cyclic N) is 1. The molecule has 0 fully saturated rings. The van der Waals surface area contributed by atoms with Crippen LogP contribution in [0.25, 0.3) is 11.1 Å². The topological polar surface area (TPSA) is 72.8 Å². The number of hydrogen-bond acceptors (Lipinski definition) is 4. The second-order valence-electron chi connectivity index (χ2n) is 12.1. The van der Waals surface area contributed by atoms with Gasteiger partial charge >= 0.3 is 5.97 Å². The van der Waals surface area contributed by atoms with Crippen LogP contribution in [0.2, 0.25) is 5.02 Å². The fourth-order valence-corrected chi connectivity index (χ4v) is 6.13. The van der Waals surface area contributed by atoms with Gasteiger partial charge in [-0.15, -0.1) is 0 Å². The number of rotatable bonds is 14. The number of aliphatic hydroxyl groups is 1. The molecule has 0 aliphatic heterocycles. The minimum absolute atomic E-state index is 0.0275. The third kappa shape index (κ3) is 8.90. The Kier molecular flexibility index (Phi) is 10.4. The van der Waals surface area contributed by atoms with E-state index in [-0.39, 0.29) is 12.0 Å². The molecule has 5 nitrogen and oxygen atoms in total. The Labute approximate surface area is 244 Å². The molecular weight excluding hydrogens is 520 g/mol. The minimum Gasteiger partial charge on any atom is -0.481 e. The Hall–Kier alpha value is -2.70. The first kappa shape index (κ1) is 30.3. The summed E-state index contributed by atoms with van der Waals surface area (Å²) in [6, 6.07) is 22.9. The van der Waals surface area contributed by atoms with Crippen LogP contribution in [0.1, 0.15) is 48.9 Å². The second-order valence-corrected chi connectivity index (χ2v) is 12.5. The van der Waals surface area contributed by atoms with Crippen LogP contribution in [-0.4, -0.2) is 59.4 Å². The molecule has 4 rings (SSSR count). The van der Waals surface area contributed by atoms with E-state index in [1.54, 1.807) is 0 Å². The summed E-state index contributed by atoms with van der Waals surface area (Å²) in [5, 5.41) is 23.9. The molecule has 3 N–H and O–H groups in total. The average Bonchev–Trinajstić information content (AvgIpc) is 3.32. The third-order valence-electron chi connectivity index (χ3n) is 8.00. The monoisotopic (exact) mass is 562 g/mol. The number of nitrogens with one attached hydrogen (secondary N) is 1. The van der Waals surface area contributed by atoms with Crippen molar-refractivity contribution in [1.82, 2.24) is 10.2 Å². The number of nitrogens with zero attached hydrogens (tertiary/aromatic N) is 1. The number of aliphatic carboxylic acids is 1. The van der Waals surface area contributed by atoms with Crippen LogP contribution in [0.5, 0.6) is 0 Å². The number of carboxylic acids is 1. The van der Waals surface area contributed by atoms with E-state index >= 15 is 0 Å². The zero-order valence-corrected chi connectivity index (χ0v) is 24.8. The summed E-state index contributed by atoms with van der Waals surface area (Å²) in [4.78, 5) is 13.0. The Morgan fingerprint density at radius 3 is 2.30 bits per heavy atom. The molecule has 0 saturated carbocycles. The van der Waals surface area contributed by atoms with Gasteiger partial charge in [0.2, 0.25) is 0 Å². The van der Waals surface area contributed by atoms with Crippen LogP contribution in [0, 0.1) is 5.92 Å². The molecule has 1 aliphatic carbocycles. The normalized spacial score (nSPS) is 14.4. The lowest BCUT2D eigenvalue weighted by Gasteiger charge is -2.31. The summed E-state index contributed by atoms with van der Waals surface area (Å²) in [5.41, 5.74) is 7.14. The Balaban J connectivity index is 1.19. The van der Waals surface area contributed by atoms with Gasteiger partial charge in [0.15, 0.2) is 0 Å². The molecule has 1 atom stereocenters. The maximum atomic E-state index is 10.8. The van der Waals surface area contributed by atoms with Crippen molar-refractivity contribution in [3.63, 3.8) is 0 Å². The van der Waals surface area contributed by atoms with Crippen LogP contribution in [0.15, 0.2) is 66.7 Å². The lowest BCUT2D eigenvalue weighted by atomic mass is 9.88. The van der Waals surface area contributed by atoms with Crippen molar-refractivity contribution in [2.24, 2.45) is 5.92 Å². The lowest BCUT2D eigenvalue weighted by molar-refractivity contribution is -0.136. The predicted molar refractivity (Wildman–Crippen MR) is 164 cm³/mol. The quantitative estimate of drug-likeness (QED) is 0.224. The summed E-state index contributed by atoms with van der Waals surface area (Å²) in [6.45, 7) is 6.46. The Bertz CT molecular complexity index is 1250. The van der Waals surface area contributed by atoms with Gasteiger partial charge in [0.25, 0.3) is 0 Å². The molecule has 3 aromatic rings. The number of carbonyl (C=O) groups is 1. The molecule has 0 amide bonds. The Morgan fingerprint density at radius 1 is 1.02 bits per heavy atom. The van der Waals surface area contributed by atoms with E-state index in [1.807, 2.05) is 37.4 Å². The number of likely N-dealkylation sites (N-methyl/N-ethyl adjacent to an activating group) is 1. The first-order valence-electron chi connectivity index (χ1n) is 14.4. The van der Waals surface area contributed by atoms with Crippen molar-refractivity contribution in [3.05, 3.63) is 94.0 Å². The van der Waals surface area contributed by atoms with E-state index in [4.69, 9.17) is 16.7 Å². The molecule has 6 heteroatoms. The van der Waals surface area contributed by atoms with Crippen molar-refractivity contribution in [1.29, 1.82) is 0 Å². The molecule has 1 aliphatic rings. The standard InChI is InChI=1S/C34H43ClN2O3/c1-34(2,21-25-18-28-6-4-5-7-29(28)19-25)36-22-31(38)23-37(3)17-16-27-13-14-30(20-32(27)35)26-11-8-24(9-12-26)10-15-33(39)40/h4-9,11-14,20,25,31,36,38H,10,15-19,21-23H2,1-3H3,(H,39,40)/t31-/m1/s1. The number of benzene rings is 3. The first-order chi connectivity index (χ1) is 19.1. The molecule has 0 spiro atoms. The summed E-state index contributed by atoms with van der Waals surface area (Å²) in [5.74, 6) is -0.132. The van der Waals surface area contributed by atoms with E-state index in [0.29, 0.717) is 25.4 Å². The molecule has 0 radical (unpaired) electrons. The van der Waals surface area contributed by atoms with Gasteiger partial charge in [-0.05, 0) is 98.4 Å². The number of aryl methyl sites for hydroxylation is 1. The van der Waals surface area contributed by atoms with Crippen LogP contribution >= 0.6 is 11.6 Å². The highest BCUT2D eigenvalue weighted by Gasteiger charge is 2.28. The summed E-state index contributed by atoms with van der Waals surface area (Å²) < 4.78 is 0. The molecule has 0 unspecified atom stereocenters. The minimum atomic E-state index is -0.784. The SMILES string of the molecule is CN(CCc1ccc(-c2ccc(CCC(=O)O)cc2)cc1Cl)C[C@H](O)CNC(C)(C)CC1Cc2ccccc2C1. The summed E-state index contributed by atoms with van der Waals surface area (Å²) in [6.07, 6.45) is 4.41. The van der Waals surface area contributed by atoms with Gasteiger partial charge in [0.1, 0.15) is 0 Å². The van der Waals surface area contributed by atoms with Crippen molar-refractivity contribution < 1.29 is 15.0 Å². The van der Waals surface area contributed by atoms with Crippen LogP contribution in [0.4, 0.5) is 0 Å². The fourth-order valence-electron chi connectivity index (χ4n) is 5.85. The summed E-state index contributed by atoms with van der Waals surface area (Å²) >= 11 is 6.64. The van der Waals surface area contributed by atoms with Crippen molar-refractivity contribution in [2.75, 3.05) is 26.7 Å². The third-order valence-corrected chi connectivity index (χ3v) is 8.36. The van der Waals surface area contributed by atoms with E-state index < -0.39 is 12.1 Å². The van der Waals surface area contributed by atoms with E-state index in [2.05, 4.69) is 60.5 Å². The maximum absolute atomic E-state index is 10.8. The molecule has 0 aromatic heterocycles. The number of carboxylic acid groups (broad SMARTS) is 1. The zero-order chi connectivity index (χ0) is 28.7. The molecule has 214 valence electrons. The Morgan fingerprint density at radius 2 is 1.68 bits per heavy atom. The van der Waals surface area contributed by atoms with E-state index in [9.17, 15) is 9.90 Å². The van der Waals surface area contributed by atoms with Crippen LogP contribution in [0.3, 0.4) is 0 Å². The molecule has 40 heavy (non-hydrogen) atoms. The number of halogens is 1. The highest BCUT2D eigenvalue weighted by atomic mass is 35.5. The average molecular weight is 563 g/mol. The van der Waals surface area contributed by atoms with E-state index in [0.717, 1.165) is 59.5 Å². The highest BCUT2D eigenvalue weighted by Crippen LogP contribution is 2.32. The molecule has 0 saturated heterocycles. The maximum Gasteiger partial charge on any atom is 0.303 e. The molecular formula is C34H43ClN2O3. The lowest BCUT2D eigenvalue weighted by Crippen LogP contribution is -2.47. The van der Waals surface area contributed by atoms with Crippen molar-refractivity contribution in [3.8, 4) is 11.1 Å². The fraction of sp³-hybridized carbons (Fsp3) is 0.441. The van der Waals surface area contributed by atoms with Gasteiger partial charge in [-0.25, -0.2) is 0 Å².